The molecule has 1 unspecified atom stereocenters. The summed E-state index contributed by atoms with van der Waals surface area (Å²) in [6.45, 7) is 5.58. The number of benzene rings is 3. The minimum absolute atomic E-state index is 0.0267. The number of hydrogen-bond donors (Lipinski definition) is 1. The Morgan fingerprint density at radius 3 is 2.15 bits per heavy atom. The van der Waals surface area contributed by atoms with Crippen molar-refractivity contribution in [3.63, 3.8) is 0 Å². The number of ether oxygens (including phenoxy) is 2. The summed E-state index contributed by atoms with van der Waals surface area (Å²) in [5.74, 6) is -0.0875. The van der Waals surface area contributed by atoms with Crippen LogP contribution in [0.3, 0.4) is 0 Å². The number of hydrogen-bond acceptors (Lipinski definition) is 6. The summed E-state index contributed by atoms with van der Waals surface area (Å²) in [6, 6.07) is 19.4. The van der Waals surface area contributed by atoms with Crippen LogP contribution in [0.15, 0.2) is 77.7 Å². The van der Waals surface area contributed by atoms with Crippen LogP contribution >= 0.6 is 0 Å². The first-order chi connectivity index (χ1) is 19.2. The lowest BCUT2D eigenvalue weighted by Crippen LogP contribution is -2.52. The zero-order valence-corrected chi connectivity index (χ0v) is 24.4. The number of rotatable bonds is 13. The van der Waals surface area contributed by atoms with Crippen LogP contribution < -0.4 is 19.1 Å². The lowest BCUT2D eigenvalue weighted by molar-refractivity contribution is -0.140. The zero-order valence-electron chi connectivity index (χ0n) is 23.6. The number of nitrogens with zero attached hydrogens (tertiary/aromatic N) is 2. The zero-order chi connectivity index (χ0) is 29.3. The molecule has 40 heavy (non-hydrogen) atoms. The Morgan fingerprint density at radius 1 is 0.900 bits per heavy atom. The lowest BCUT2D eigenvalue weighted by Gasteiger charge is -2.33. The molecule has 0 radical (unpaired) electrons. The van der Waals surface area contributed by atoms with E-state index in [1.54, 1.807) is 30.3 Å². The quantitative estimate of drug-likeness (QED) is 0.333. The smallest absolute Gasteiger partial charge is 0.264 e. The summed E-state index contributed by atoms with van der Waals surface area (Å²) in [5, 5.41) is 2.81. The maximum Gasteiger partial charge on any atom is 0.264 e. The normalized spacial score (nSPS) is 11.8. The fourth-order valence-corrected chi connectivity index (χ4v) is 5.84. The number of carbonyl (C=O) groups excluding carboxylic acids is 2. The Balaban J connectivity index is 2.11. The van der Waals surface area contributed by atoms with Gasteiger partial charge in [-0.25, -0.2) is 8.42 Å². The van der Waals surface area contributed by atoms with Crippen molar-refractivity contribution in [1.82, 2.24) is 10.2 Å². The first kappa shape index (κ1) is 30.5. The molecule has 0 spiro atoms. The van der Waals surface area contributed by atoms with Gasteiger partial charge in [0.2, 0.25) is 11.8 Å². The molecule has 0 saturated carbocycles. The van der Waals surface area contributed by atoms with E-state index in [0.29, 0.717) is 24.5 Å². The highest BCUT2D eigenvalue weighted by Gasteiger charge is 2.34. The van der Waals surface area contributed by atoms with Gasteiger partial charge in [0.05, 0.1) is 24.8 Å². The van der Waals surface area contributed by atoms with Gasteiger partial charge in [-0.2, -0.15) is 0 Å². The summed E-state index contributed by atoms with van der Waals surface area (Å²) >= 11 is 0. The van der Waals surface area contributed by atoms with Crippen molar-refractivity contribution in [1.29, 1.82) is 0 Å². The van der Waals surface area contributed by atoms with E-state index < -0.39 is 28.5 Å². The first-order valence-corrected chi connectivity index (χ1v) is 14.5. The molecule has 0 fully saturated rings. The number of aryl methyl sites for hydroxylation is 1. The van der Waals surface area contributed by atoms with E-state index in [-0.39, 0.29) is 23.0 Å². The topological polar surface area (TPSA) is 105 Å². The molecule has 2 amide bonds. The minimum atomic E-state index is -4.18. The second kappa shape index (κ2) is 13.8. The summed E-state index contributed by atoms with van der Waals surface area (Å²) in [6.07, 6.45) is 0.352. The van der Waals surface area contributed by atoms with Gasteiger partial charge in [0.15, 0.2) is 11.5 Å². The van der Waals surface area contributed by atoms with Crippen LogP contribution in [-0.4, -0.2) is 58.5 Å². The van der Waals surface area contributed by atoms with Gasteiger partial charge >= 0.3 is 0 Å². The van der Waals surface area contributed by atoms with Gasteiger partial charge in [0, 0.05) is 19.2 Å². The highest BCUT2D eigenvalue weighted by Crippen LogP contribution is 2.34. The standard InChI is InChI=1S/C30H37N3O6S/c1-6-26(30(35)31-7-2)32(20-23-14-12-11-13-22(23)3)29(34)21-33(40(36,37)25-15-9-8-10-16-25)24-17-18-27(38-4)28(19-24)39-5/h8-19,26H,6-7,20-21H2,1-5H3,(H,31,35). The third-order valence-electron chi connectivity index (χ3n) is 6.60. The van der Waals surface area contributed by atoms with Crippen molar-refractivity contribution in [2.24, 2.45) is 0 Å². The van der Waals surface area contributed by atoms with Crippen molar-refractivity contribution < 1.29 is 27.5 Å². The van der Waals surface area contributed by atoms with E-state index >= 15 is 0 Å². The molecule has 3 aromatic rings. The number of amides is 2. The van der Waals surface area contributed by atoms with Gasteiger partial charge in [-0.1, -0.05) is 49.4 Å². The minimum Gasteiger partial charge on any atom is -0.493 e. The van der Waals surface area contributed by atoms with Crippen molar-refractivity contribution >= 4 is 27.5 Å². The first-order valence-electron chi connectivity index (χ1n) is 13.1. The van der Waals surface area contributed by atoms with Gasteiger partial charge in [0.25, 0.3) is 10.0 Å². The Kier molecular flexibility index (Phi) is 10.6. The molecule has 0 aliphatic rings. The Hall–Kier alpha value is -4.05. The number of methoxy groups -OCH3 is 2. The maximum absolute atomic E-state index is 14.1. The van der Waals surface area contributed by atoms with Crippen LogP contribution in [0.25, 0.3) is 0 Å². The van der Waals surface area contributed by atoms with Crippen molar-refractivity contribution in [3.8, 4) is 11.5 Å². The molecule has 1 atom stereocenters. The monoisotopic (exact) mass is 567 g/mol. The summed E-state index contributed by atoms with van der Waals surface area (Å²) in [7, 11) is -1.25. The number of likely N-dealkylation sites (N-methyl/N-ethyl adjacent to an activating group) is 1. The molecular formula is C30H37N3O6S. The predicted octanol–water partition coefficient (Wildman–Crippen LogP) is 4.15. The number of nitrogens with one attached hydrogen (secondary N) is 1. The van der Waals surface area contributed by atoms with E-state index in [4.69, 9.17) is 9.47 Å². The Morgan fingerprint density at radius 2 is 1.55 bits per heavy atom. The van der Waals surface area contributed by atoms with Crippen LogP contribution in [0, 0.1) is 6.92 Å². The second-order valence-corrected chi connectivity index (χ2v) is 11.0. The molecular weight excluding hydrogens is 530 g/mol. The molecule has 0 aromatic heterocycles. The molecule has 3 aromatic carbocycles. The van der Waals surface area contributed by atoms with Crippen molar-refractivity contribution in [3.05, 3.63) is 83.9 Å². The van der Waals surface area contributed by atoms with Gasteiger partial charge in [-0.05, 0) is 55.7 Å². The molecule has 0 aliphatic heterocycles. The molecule has 0 saturated heterocycles. The number of sulfonamides is 1. The average Bonchev–Trinajstić information content (AvgIpc) is 2.96. The molecule has 9 nitrogen and oxygen atoms in total. The predicted molar refractivity (Wildman–Crippen MR) is 155 cm³/mol. The average molecular weight is 568 g/mol. The van der Waals surface area contributed by atoms with E-state index in [1.807, 2.05) is 45.0 Å². The van der Waals surface area contributed by atoms with Crippen LogP contribution in [0.5, 0.6) is 11.5 Å². The Bertz CT molecular complexity index is 1410. The molecule has 0 heterocycles. The van der Waals surface area contributed by atoms with E-state index in [2.05, 4.69) is 5.32 Å². The van der Waals surface area contributed by atoms with Crippen LogP contribution in [-0.2, 0) is 26.2 Å². The summed E-state index contributed by atoms with van der Waals surface area (Å²) in [5.41, 5.74) is 2.04. The van der Waals surface area contributed by atoms with Crippen LogP contribution in [0.1, 0.15) is 31.4 Å². The third kappa shape index (κ3) is 6.93. The summed E-state index contributed by atoms with van der Waals surface area (Å²) < 4.78 is 39.6. The molecule has 214 valence electrons. The molecule has 0 bridgehead atoms. The van der Waals surface area contributed by atoms with Gasteiger partial charge in [-0.15, -0.1) is 0 Å². The number of carbonyl (C=O) groups is 2. The van der Waals surface area contributed by atoms with Gasteiger partial charge in [0.1, 0.15) is 12.6 Å². The van der Waals surface area contributed by atoms with E-state index in [1.165, 1.54) is 37.3 Å². The highest BCUT2D eigenvalue weighted by molar-refractivity contribution is 7.92. The fraction of sp³-hybridized carbons (Fsp3) is 0.333. The van der Waals surface area contributed by atoms with Crippen molar-refractivity contribution in [2.75, 3.05) is 31.6 Å². The molecule has 3 rings (SSSR count). The second-order valence-electron chi connectivity index (χ2n) is 9.13. The largest absolute Gasteiger partial charge is 0.493 e. The lowest BCUT2D eigenvalue weighted by atomic mass is 10.1. The van der Waals surface area contributed by atoms with Gasteiger partial charge in [-0.3, -0.25) is 13.9 Å². The van der Waals surface area contributed by atoms with Crippen LogP contribution in [0.2, 0.25) is 0 Å². The van der Waals surface area contributed by atoms with E-state index in [9.17, 15) is 18.0 Å². The summed E-state index contributed by atoms with van der Waals surface area (Å²) in [4.78, 5) is 28.6. The maximum atomic E-state index is 14.1. The van der Waals surface area contributed by atoms with Crippen molar-refractivity contribution in [2.45, 2.75) is 44.7 Å². The van der Waals surface area contributed by atoms with Gasteiger partial charge < -0.3 is 19.7 Å². The molecule has 0 aliphatic carbocycles. The molecule has 1 N–H and O–H groups in total. The fourth-order valence-electron chi connectivity index (χ4n) is 4.41. The van der Waals surface area contributed by atoms with E-state index in [0.717, 1.165) is 15.4 Å². The van der Waals surface area contributed by atoms with Crippen LogP contribution in [0.4, 0.5) is 5.69 Å². The highest BCUT2D eigenvalue weighted by atomic mass is 32.2. The molecule has 10 heteroatoms. The Labute approximate surface area is 236 Å². The number of anilines is 1. The SMILES string of the molecule is CCNC(=O)C(CC)N(Cc1ccccc1C)C(=O)CN(c1ccc(OC)c(OC)c1)S(=O)(=O)c1ccccc1. The third-order valence-corrected chi connectivity index (χ3v) is 8.39.